The monoisotopic (exact) mass is 763 g/mol. The summed E-state index contributed by atoms with van der Waals surface area (Å²) < 4.78 is 0. The van der Waals surface area contributed by atoms with Gasteiger partial charge in [0.2, 0.25) is 0 Å². The minimum atomic E-state index is 0.276. The van der Waals surface area contributed by atoms with Crippen LogP contribution in [0.1, 0.15) is 72.9 Å². The van der Waals surface area contributed by atoms with Gasteiger partial charge in [-0.15, -0.1) is 0 Å². The molecule has 0 bridgehead atoms. The Morgan fingerprint density at radius 1 is 0.305 bits per heavy atom. The Hall–Kier alpha value is -6.44. The van der Waals surface area contributed by atoms with E-state index in [0.29, 0.717) is 5.92 Å². The van der Waals surface area contributed by atoms with Crippen LogP contribution in [-0.4, -0.2) is 0 Å². The summed E-state index contributed by atoms with van der Waals surface area (Å²) in [6.07, 6.45) is 0. The number of hydrogen-bond donors (Lipinski definition) is 0. The third-order valence-corrected chi connectivity index (χ3v) is 12.5. The number of nitrogens with zero attached hydrogens (tertiary/aromatic N) is 1. The summed E-state index contributed by atoms with van der Waals surface area (Å²) in [5.74, 6) is 0.583. The zero-order chi connectivity index (χ0) is 40.9. The largest absolute Gasteiger partial charge is 0.310 e. The Labute approximate surface area is 350 Å². The third kappa shape index (κ3) is 6.79. The first-order valence-corrected chi connectivity index (χ1v) is 21.2. The molecule has 9 aromatic rings. The highest BCUT2D eigenvalue weighted by molar-refractivity contribution is 6.01. The quantitative estimate of drug-likeness (QED) is 0.149. The topological polar surface area (TPSA) is 3.24 Å². The van der Waals surface area contributed by atoms with Gasteiger partial charge in [-0.1, -0.05) is 155 Å². The summed E-state index contributed by atoms with van der Waals surface area (Å²) in [5, 5.41) is 7.66. The van der Waals surface area contributed by atoms with Gasteiger partial charge in [-0.3, -0.25) is 0 Å². The first kappa shape index (κ1) is 38.1. The Bertz CT molecular complexity index is 3040. The third-order valence-electron chi connectivity index (χ3n) is 12.5. The SMILES string of the molecule is Cc1cc(N(c2cc(C(C)C)c(-c3cccc4ccccc34)cc2C)c2cc(C)c(-c3cccc4ccccc34)cc2C(C)C)c(C)cc1-c1cccc2ccccc12. The summed E-state index contributed by atoms with van der Waals surface area (Å²) >= 11 is 0. The van der Waals surface area contributed by atoms with Gasteiger partial charge in [0.05, 0.1) is 0 Å². The predicted octanol–water partition coefficient (Wildman–Crippen LogP) is 17.1. The zero-order valence-corrected chi connectivity index (χ0v) is 35.7. The van der Waals surface area contributed by atoms with Crippen molar-refractivity contribution in [3.8, 4) is 33.4 Å². The molecule has 0 unspecified atom stereocenters. The van der Waals surface area contributed by atoms with E-state index in [2.05, 4.69) is 224 Å². The second-order valence-corrected chi connectivity index (χ2v) is 17.1. The lowest BCUT2D eigenvalue weighted by molar-refractivity contribution is 0.860. The van der Waals surface area contributed by atoms with Gasteiger partial charge < -0.3 is 4.90 Å². The van der Waals surface area contributed by atoms with E-state index in [1.54, 1.807) is 0 Å². The summed E-state index contributed by atoms with van der Waals surface area (Å²) in [4.78, 5) is 2.60. The van der Waals surface area contributed by atoms with Crippen LogP contribution in [0.5, 0.6) is 0 Å². The highest BCUT2D eigenvalue weighted by Crippen LogP contribution is 2.48. The van der Waals surface area contributed by atoms with Gasteiger partial charge in [0, 0.05) is 17.1 Å². The summed E-state index contributed by atoms with van der Waals surface area (Å²) in [6, 6.07) is 61.2. The maximum absolute atomic E-state index is 2.60. The average Bonchev–Trinajstić information content (AvgIpc) is 3.24. The molecule has 0 fully saturated rings. The maximum Gasteiger partial charge on any atom is 0.0499 e. The van der Waals surface area contributed by atoms with Crippen LogP contribution in [0, 0.1) is 27.7 Å². The fourth-order valence-electron chi connectivity index (χ4n) is 9.42. The number of aryl methyl sites for hydroxylation is 4. The molecule has 0 atom stereocenters. The van der Waals surface area contributed by atoms with E-state index in [1.807, 2.05) is 0 Å². The Morgan fingerprint density at radius 3 is 1.15 bits per heavy atom. The fourth-order valence-corrected chi connectivity index (χ4v) is 9.42. The lowest BCUT2D eigenvalue weighted by Crippen LogP contribution is -2.17. The molecule has 0 aromatic heterocycles. The van der Waals surface area contributed by atoms with E-state index < -0.39 is 0 Å². The molecular weight excluding hydrogens is 711 g/mol. The normalized spacial score (nSPS) is 11.7. The molecule has 0 N–H and O–H groups in total. The number of anilines is 3. The van der Waals surface area contributed by atoms with Crippen molar-refractivity contribution in [1.29, 1.82) is 0 Å². The fraction of sp³-hybridized carbons (Fsp3) is 0.172. The minimum absolute atomic E-state index is 0.276. The number of rotatable bonds is 8. The number of fused-ring (bicyclic) bond motifs is 3. The molecule has 0 heterocycles. The van der Waals surface area contributed by atoms with Crippen molar-refractivity contribution in [2.45, 2.75) is 67.2 Å². The van der Waals surface area contributed by atoms with Crippen LogP contribution in [0.4, 0.5) is 17.1 Å². The van der Waals surface area contributed by atoms with Crippen LogP contribution in [0.25, 0.3) is 65.7 Å². The smallest absolute Gasteiger partial charge is 0.0499 e. The molecule has 0 aliphatic carbocycles. The summed E-state index contributed by atoms with van der Waals surface area (Å²) in [7, 11) is 0. The predicted molar refractivity (Wildman–Crippen MR) is 257 cm³/mol. The molecule has 0 saturated heterocycles. The Balaban J connectivity index is 1.31. The van der Waals surface area contributed by atoms with E-state index in [-0.39, 0.29) is 5.92 Å². The molecule has 0 saturated carbocycles. The van der Waals surface area contributed by atoms with Gasteiger partial charge >= 0.3 is 0 Å². The summed E-state index contributed by atoms with van der Waals surface area (Å²) in [6.45, 7) is 18.5. The molecular formula is C58H53N. The van der Waals surface area contributed by atoms with Crippen molar-refractivity contribution in [2.75, 3.05) is 4.90 Å². The van der Waals surface area contributed by atoms with Crippen LogP contribution in [-0.2, 0) is 0 Å². The van der Waals surface area contributed by atoms with Gasteiger partial charge in [-0.25, -0.2) is 0 Å². The molecule has 0 amide bonds. The molecule has 0 aliphatic heterocycles. The van der Waals surface area contributed by atoms with Crippen LogP contribution in [0.3, 0.4) is 0 Å². The van der Waals surface area contributed by atoms with Crippen molar-refractivity contribution in [3.05, 3.63) is 197 Å². The van der Waals surface area contributed by atoms with Gasteiger partial charge in [0.1, 0.15) is 0 Å². The molecule has 9 aromatic carbocycles. The number of benzene rings is 9. The van der Waals surface area contributed by atoms with Gasteiger partial charge in [-0.05, 0) is 175 Å². The standard InChI is InChI=1S/C58H53N/c1-36(2)51-35-57(41(8)31-55(51)50-29-17-23-44-20-11-14-26-47(44)50)59(56-32-38(5)53(30-40(56)7)48-27-15-21-42-18-9-12-24-45(42)48)58-33-39(6)54(34-52(58)37(3)4)49-28-16-22-43-19-10-13-25-46(43)49/h9-37H,1-8H3. The molecule has 0 aliphatic rings. The lowest BCUT2D eigenvalue weighted by atomic mass is 9.86. The van der Waals surface area contributed by atoms with E-state index in [0.717, 1.165) is 0 Å². The van der Waals surface area contributed by atoms with Crippen molar-refractivity contribution >= 4 is 49.4 Å². The molecule has 0 spiro atoms. The van der Waals surface area contributed by atoms with E-state index in [1.165, 1.54) is 116 Å². The van der Waals surface area contributed by atoms with Crippen LogP contribution in [0.2, 0.25) is 0 Å². The van der Waals surface area contributed by atoms with Crippen molar-refractivity contribution in [3.63, 3.8) is 0 Å². The maximum atomic E-state index is 2.60. The van der Waals surface area contributed by atoms with Crippen molar-refractivity contribution < 1.29 is 0 Å². The van der Waals surface area contributed by atoms with Crippen LogP contribution in [0.15, 0.2) is 164 Å². The Kier molecular flexibility index (Phi) is 9.93. The van der Waals surface area contributed by atoms with E-state index >= 15 is 0 Å². The van der Waals surface area contributed by atoms with Gasteiger partial charge in [-0.2, -0.15) is 0 Å². The molecule has 9 rings (SSSR count). The lowest BCUT2D eigenvalue weighted by Gasteiger charge is -2.34. The van der Waals surface area contributed by atoms with Crippen LogP contribution < -0.4 is 4.90 Å². The zero-order valence-electron chi connectivity index (χ0n) is 35.7. The number of hydrogen-bond acceptors (Lipinski definition) is 1. The highest BCUT2D eigenvalue weighted by Gasteiger charge is 2.26. The van der Waals surface area contributed by atoms with Gasteiger partial charge in [0.25, 0.3) is 0 Å². The van der Waals surface area contributed by atoms with Gasteiger partial charge in [0.15, 0.2) is 0 Å². The molecule has 0 radical (unpaired) electrons. The average molecular weight is 764 g/mol. The van der Waals surface area contributed by atoms with E-state index in [9.17, 15) is 0 Å². The minimum Gasteiger partial charge on any atom is -0.310 e. The Morgan fingerprint density at radius 2 is 0.678 bits per heavy atom. The first-order chi connectivity index (χ1) is 28.6. The van der Waals surface area contributed by atoms with Crippen molar-refractivity contribution in [1.82, 2.24) is 0 Å². The van der Waals surface area contributed by atoms with E-state index in [4.69, 9.17) is 0 Å². The second-order valence-electron chi connectivity index (χ2n) is 17.1. The molecule has 290 valence electrons. The molecule has 1 nitrogen and oxygen atoms in total. The molecule has 1 heteroatoms. The molecule has 59 heavy (non-hydrogen) atoms. The first-order valence-electron chi connectivity index (χ1n) is 21.2. The van der Waals surface area contributed by atoms with Crippen LogP contribution >= 0.6 is 0 Å². The highest BCUT2D eigenvalue weighted by atomic mass is 15.1. The van der Waals surface area contributed by atoms with Crippen molar-refractivity contribution in [2.24, 2.45) is 0 Å². The second kappa shape index (κ2) is 15.4. The summed E-state index contributed by atoms with van der Waals surface area (Å²) in [5.41, 5.74) is 19.1.